The van der Waals surface area contributed by atoms with Crippen LogP contribution in [0.15, 0.2) is 24.3 Å². The number of hydrogen-bond acceptors (Lipinski definition) is 1. The van der Waals surface area contributed by atoms with E-state index < -0.39 is 0 Å². The Bertz CT molecular complexity index is 374. The van der Waals surface area contributed by atoms with Gasteiger partial charge in [0.25, 0.3) is 5.91 Å². The quantitative estimate of drug-likeness (QED) is 0.766. The van der Waals surface area contributed by atoms with Gasteiger partial charge in [-0.3, -0.25) is 4.79 Å². The zero-order valence-electron chi connectivity index (χ0n) is 11.2. The normalized spacial score (nSPS) is 12.5. The van der Waals surface area contributed by atoms with E-state index in [-0.39, 0.29) is 5.91 Å². The summed E-state index contributed by atoms with van der Waals surface area (Å²) in [6.45, 7) is 5.92. The predicted octanol–water partition coefficient (Wildman–Crippen LogP) is 0.505. The van der Waals surface area contributed by atoms with Gasteiger partial charge in [0.15, 0.2) is 0 Å². The molecule has 3 nitrogen and oxygen atoms in total. The molecule has 1 rings (SSSR count). The highest BCUT2D eigenvalue weighted by atomic mass is 16.1. The van der Waals surface area contributed by atoms with Crippen molar-refractivity contribution in [3.63, 3.8) is 0 Å². The highest BCUT2D eigenvalue weighted by Crippen LogP contribution is 2.06. The van der Waals surface area contributed by atoms with Gasteiger partial charge < -0.3 is 10.2 Å². The number of benzene rings is 1. The van der Waals surface area contributed by atoms with E-state index in [1.165, 1.54) is 4.90 Å². The fourth-order valence-electron chi connectivity index (χ4n) is 1.96. The minimum absolute atomic E-state index is 0.0312. The number of carbonyl (C=O) groups is 1. The molecule has 0 bridgehead atoms. The van der Waals surface area contributed by atoms with Crippen LogP contribution in [-0.4, -0.2) is 33.1 Å². The molecule has 1 aromatic carbocycles. The van der Waals surface area contributed by atoms with E-state index in [1.54, 1.807) is 0 Å². The summed E-state index contributed by atoms with van der Waals surface area (Å²) in [6.07, 6.45) is 0. The lowest BCUT2D eigenvalue weighted by atomic mass is 10.1. The van der Waals surface area contributed by atoms with Gasteiger partial charge >= 0.3 is 0 Å². The minimum Gasteiger partial charge on any atom is -0.352 e. The third kappa shape index (κ3) is 4.57. The number of hydrogen-bond donors (Lipinski definition) is 2. The van der Waals surface area contributed by atoms with Crippen molar-refractivity contribution in [1.29, 1.82) is 0 Å². The smallest absolute Gasteiger partial charge is 0.251 e. The lowest BCUT2D eigenvalue weighted by molar-refractivity contribution is -0.861. The average Bonchev–Trinajstić information content (AvgIpc) is 2.25. The van der Waals surface area contributed by atoms with Crippen molar-refractivity contribution in [2.24, 2.45) is 5.92 Å². The Balaban J connectivity index is 2.48. The van der Waals surface area contributed by atoms with Crippen molar-refractivity contribution in [2.75, 3.05) is 27.2 Å². The molecular weight excluding hydrogens is 212 g/mol. The van der Waals surface area contributed by atoms with Gasteiger partial charge in [0.1, 0.15) is 0 Å². The molecule has 0 aliphatic rings. The molecule has 0 heterocycles. The summed E-state index contributed by atoms with van der Waals surface area (Å²) in [6, 6.07) is 7.67. The van der Waals surface area contributed by atoms with Gasteiger partial charge in [-0.15, -0.1) is 0 Å². The van der Waals surface area contributed by atoms with E-state index in [0.29, 0.717) is 5.92 Å². The van der Waals surface area contributed by atoms with Crippen LogP contribution in [0.3, 0.4) is 0 Å². The van der Waals surface area contributed by atoms with Crippen LogP contribution in [0.4, 0.5) is 0 Å². The van der Waals surface area contributed by atoms with E-state index >= 15 is 0 Å². The number of carbonyl (C=O) groups excluding carboxylic acids is 1. The van der Waals surface area contributed by atoms with E-state index in [0.717, 1.165) is 24.2 Å². The summed E-state index contributed by atoms with van der Waals surface area (Å²) in [5.74, 6) is 0.525. The third-order valence-corrected chi connectivity index (χ3v) is 2.76. The molecule has 0 aliphatic carbocycles. The molecule has 0 radical (unpaired) electrons. The van der Waals surface area contributed by atoms with Crippen LogP contribution in [0.2, 0.25) is 0 Å². The number of nitrogens with one attached hydrogen (secondary N) is 2. The van der Waals surface area contributed by atoms with Crippen LogP contribution in [0.25, 0.3) is 0 Å². The molecule has 3 heteroatoms. The standard InChI is InChI=1S/C14H22N2O/c1-11(10-16(3)4)9-15-14(17)13-8-6-5-7-12(13)2/h5-8,11H,9-10H2,1-4H3,(H,15,17)/p+1/t11-/m1/s1. The molecule has 0 spiro atoms. The molecule has 0 saturated heterocycles. The zero-order valence-corrected chi connectivity index (χ0v) is 11.2. The molecule has 1 atom stereocenters. The summed E-state index contributed by atoms with van der Waals surface area (Å²) in [4.78, 5) is 13.3. The maximum Gasteiger partial charge on any atom is 0.251 e. The van der Waals surface area contributed by atoms with E-state index in [4.69, 9.17) is 0 Å². The minimum atomic E-state index is 0.0312. The molecule has 94 valence electrons. The third-order valence-electron chi connectivity index (χ3n) is 2.76. The SMILES string of the molecule is Cc1ccccc1C(=O)NC[C@@H](C)C[NH+](C)C. The maximum atomic E-state index is 11.9. The summed E-state index contributed by atoms with van der Waals surface area (Å²) < 4.78 is 0. The Kier molecular flexibility index (Phi) is 5.16. The van der Waals surface area contributed by atoms with Gasteiger partial charge in [-0.05, 0) is 18.6 Å². The molecular formula is C14H23N2O+. The van der Waals surface area contributed by atoms with Crippen molar-refractivity contribution >= 4 is 5.91 Å². The van der Waals surface area contributed by atoms with Crippen LogP contribution in [-0.2, 0) is 0 Å². The lowest BCUT2D eigenvalue weighted by Crippen LogP contribution is -3.06. The fraction of sp³-hybridized carbons (Fsp3) is 0.500. The number of rotatable bonds is 5. The molecule has 1 amide bonds. The van der Waals surface area contributed by atoms with Crippen LogP contribution in [0, 0.1) is 12.8 Å². The second-order valence-corrected chi connectivity index (χ2v) is 5.04. The van der Waals surface area contributed by atoms with E-state index in [9.17, 15) is 4.79 Å². The Morgan fingerprint density at radius 1 is 1.35 bits per heavy atom. The second kappa shape index (κ2) is 6.40. The molecule has 0 aliphatic heterocycles. The van der Waals surface area contributed by atoms with Gasteiger partial charge in [0.05, 0.1) is 20.6 Å². The van der Waals surface area contributed by atoms with Gasteiger partial charge in [-0.2, -0.15) is 0 Å². The maximum absolute atomic E-state index is 11.9. The molecule has 1 aromatic rings. The van der Waals surface area contributed by atoms with Crippen molar-refractivity contribution < 1.29 is 9.69 Å². The predicted molar refractivity (Wildman–Crippen MR) is 70.4 cm³/mol. The van der Waals surface area contributed by atoms with E-state index in [2.05, 4.69) is 26.3 Å². The highest BCUT2D eigenvalue weighted by molar-refractivity contribution is 5.95. The Hall–Kier alpha value is -1.35. The van der Waals surface area contributed by atoms with Crippen LogP contribution < -0.4 is 10.2 Å². The summed E-state index contributed by atoms with van der Waals surface area (Å²) in [5, 5.41) is 2.99. The average molecular weight is 235 g/mol. The first-order chi connectivity index (χ1) is 8.00. The van der Waals surface area contributed by atoms with Gasteiger partial charge in [-0.1, -0.05) is 25.1 Å². The van der Waals surface area contributed by atoms with Crippen LogP contribution in [0.1, 0.15) is 22.8 Å². The first-order valence-electron chi connectivity index (χ1n) is 6.13. The second-order valence-electron chi connectivity index (χ2n) is 5.04. The molecule has 0 fully saturated rings. The summed E-state index contributed by atoms with van der Waals surface area (Å²) >= 11 is 0. The zero-order chi connectivity index (χ0) is 12.8. The van der Waals surface area contributed by atoms with Gasteiger partial charge in [0, 0.05) is 18.0 Å². The molecule has 2 N–H and O–H groups in total. The number of aryl methyl sites for hydroxylation is 1. The number of amides is 1. The van der Waals surface area contributed by atoms with Gasteiger partial charge in [-0.25, -0.2) is 0 Å². The fourth-order valence-corrected chi connectivity index (χ4v) is 1.96. The highest BCUT2D eigenvalue weighted by Gasteiger charge is 2.11. The largest absolute Gasteiger partial charge is 0.352 e. The number of quaternary nitrogens is 1. The van der Waals surface area contributed by atoms with Crippen LogP contribution >= 0.6 is 0 Å². The summed E-state index contributed by atoms with van der Waals surface area (Å²) in [5.41, 5.74) is 1.80. The Morgan fingerprint density at radius 2 is 2.00 bits per heavy atom. The van der Waals surface area contributed by atoms with Crippen molar-refractivity contribution in [2.45, 2.75) is 13.8 Å². The molecule has 0 saturated carbocycles. The Labute approximate surface area is 104 Å². The summed E-state index contributed by atoms with van der Waals surface area (Å²) in [7, 11) is 4.25. The first-order valence-corrected chi connectivity index (χ1v) is 6.13. The molecule has 0 aromatic heterocycles. The molecule has 0 unspecified atom stereocenters. The van der Waals surface area contributed by atoms with Crippen LogP contribution in [0.5, 0.6) is 0 Å². The topological polar surface area (TPSA) is 33.5 Å². The van der Waals surface area contributed by atoms with Crippen molar-refractivity contribution in [1.82, 2.24) is 5.32 Å². The van der Waals surface area contributed by atoms with E-state index in [1.807, 2.05) is 31.2 Å². The lowest BCUT2D eigenvalue weighted by Gasteiger charge is -2.15. The monoisotopic (exact) mass is 235 g/mol. The first kappa shape index (κ1) is 13.7. The van der Waals surface area contributed by atoms with Crippen molar-refractivity contribution in [3.05, 3.63) is 35.4 Å². The van der Waals surface area contributed by atoms with Crippen molar-refractivity contribution in [3.8, 4) is 0 Å². The van der Waals surface area contributed by atoms with Gasteiger partial charge in [0.2, 0.25) is 0 Å². The molecule has 17 heavy (non-hydrogen) atoms. The Morgan fingerprint density at radius 3 is 2.59 bits per heavy atom.